The van der Waals surface area contributed by atoms with Gasteiger partial charge in [0.2, 0.25) is 5.95 Å². The zero-order chi connectivity index (χ0) is 17.5. The summed E-state index contributed by atoms with van der Waals surface area (Å²) in [7, 11) is 0. The van der Waals surface area contributed by atoms with Crippen LogP contribution in [0.1, 0.15) is 23.7 Å². The first kappa shape index (κ1) is 16.6. The Morgan fingerprint density at radius 3 is 2.54 bits per heavy atom. The third kappa shape index (κ3) is 3.16. The standard InChI is InChI=1S/C15H12F5N3O/c16-10-2-1-8(5-11(10)17)12-6-9(24)7-23(12)14-21-4-3-13(22-14)15(18,19)20/h1-5,9,12,24H,6-7H2/t9-,12-/m1/s1. The number of anilines is 1. The molecule has 0 saturated carbocycles. The van der Waals surface area contributed by atoms with Gasteiger partial charge in [-0.1, -0.05) is 6.07 Å². The molecule has 2 heterocycles. The SMILES string of the molecule is O[C@@H]1C[C@H](c2ccc(F)c(F)c2)N(c2nccc(C(F)(F)F)n2)C1. The van der Waals surface area contributed by atoms with Crippen molar-refractivity contribution in [2.45, 2.75) is 24.7 Å². The van der Waals surface area contributed by atoms with Gasteiger partial charge >= 0.3 is 6.18 Å². The molecular formula is C15H12F5N3O. The van der Waals surface area contributed by atoms with Gasteiger partial charge in [-0.15, -0.1) is 0 Å². The minimum atomic E-state index is -4.63. The minimum Gasteiger partial charge on any atom is -0.391 e. The van der Waals surface area contributed by atoms with E-state index in [1.54, 1.807) is 0 Å². The van der Waals surface area contributed by atoms with Crippen LogP contribution in [0, 0.1) is 11.6 Å². The van der Waals surface area contributed by atoms with Crippen molar-refractivity contribution in [3.63, 3.8) is 0 Å². The Balaban J connectivity index is 1.98. The van der Waals surface area contributed by atoms with Crippen molar-refractivity contribution >= 4 is 5.95 Å². The van der Waals surface area contributed by atoms with E-state index in [1.807, 2.05) is 0 Å². The molecule has 0 radical (unpaired) electrons. The van der Waals surface area contributed by atoms with Gasteiger partial charge in [-0.3, -0.25) is 0 Å². The number of alkyl halides is 3. The molecule has 0 unspecified atom stereocenters. The number of β-amino-alcohol motifs (C(OH)–C–C–N with tert-alkyl or cyclic N) is 1. The first-order valence-electron chi connectivity index (χ1n) is 7.05. The van der Waals surface area contributed by atoms with Gasteiger partial charge < -0.3 is 10.0 Å². The van der Waals surface area contributed by atoms with Gasteiger partial charge in [0.1, 0.15) is 5.69 Å². The minimum absolute atomic E-state index is 0.00896. The second-order valence-corrected chi connectivity index (χ2v) is 5.47. The van der Waals surface area contributed by atoms with E-state index in [0.717, 1.165) is 24.4 Å². The molecule has 0 amide bonds. The van der Waals surface area contributed by atoms with Crippen molar-refractivity contribution in [1.29, 1.82) is 0 Å². The molecule has 9 heteroatoms. The molecule has 1 aromatic carbocycles. The van der Waals surface area contributed by atoms with Crippen molar-refractivity contribution in [2.24, 2.45) is 0 Å². The molecule has 1 fully saturated rings. The van der Waals surface area contributed by atoms with Crippen LogP contribution in [-0.2, 0) is 6.18 Å². The molecule has 1 saturated heterocycles. The van der Waals surface area contributed by atoms with Gasteiger partial charge in [-0.05, 0) is 30.2 Å². The Kier molecular flexibility index (Phi) is 4.12. The smallest absolute Gasteiger partial charge is 0.391 e. The highest BCUT2D eigenvalue weighted by Crippen LogP contribution is 2.36. The van der Waals surface area contributed by atoms with Gasteiger partial charge in [0.25, 0.3) is 0 Å². The normalized spacial score (nSPS) is 21.3. The maximum absolute atomic E-state index is 13.4. The van der Waals surface area contributed by atoms with Gasteiger partial charge in [0.15, 0.2) is 11.6 Å². The molecule has 0 spiro atoms. The van der Waals surface area contributed by atoms with Crippen molar-refractivity contribution in [3.05, 3.63) is 53.4 Å². The van der Waals surface area contributed by atoms with Gasteiger partial charge in [0, 0.05) is 12.7 Å². The van der Waals surface area contributed by atoms with Gasteiger partial charge in [-0.25, -0.2) is 18.7 Å². The number of halogens is 5. The molecule has 24 heavy (non-hydrogen) atoms. The van der Waals surface area contributed by atoms with Crippen LogP contribution in [0.4, 0.5) is 27.9 Å². The number of aromatic nitrogens is 2. The summed E-state index contributed by atoms with van der Waals surface area (Å²) in [5.74, 6) is -2.32. The number of benzene rings is 1. The Morgan fingerprint density at radius 2 is 1.88 bits per heavy atom. The summed E-state index contributed by atoms with van der Waals surface area (Å²) in [6.07, 6.45) is -4.36. The van der Waals surface area contributed by atoms with E-state index in [9.17, 15) is 27.1 Å². The van der Waals surface area contributed by atoms with Crippen LogP contribution in [0.15, 0.2) is 30.5 Å². The molecule has 1 aromatic heterocycles. The van der Waals surface area contributed by atoms with Gasteiger partial charge in [0.05, 0.1) is 12.1 Å². The maximum atomic E-state index is 13.4. The quantitative estimate of drug-likeness (QED) is 0.850. The zero-order valence-corrected chi connectivity index (χ0v) is 12.1. The molecule has 0 aliphatic carbocycles. The third-order valence-corrected chi connectivity index (χ3v) is 3.80. The van der Waals surface area contributed by atoms with Crippen molar-refractivity contribution in [1.82, 2.24) is 9.97 Å². The van der Waals surface area contributed by atoms with Crippen molar-refractivity contribution < 1.29 is 27.1 Å². The highest BCUT2D eigenvalue weighted by molar-refractivity contribution is 5.40. The van der Waals surface area contributed by atoms with Crippen LogP contribution < -0.4 is 4.90 Å². The number of nitrogens with zero attached hydrogens (tertiary/aromatic N) is 3. The van der Waals surface area contributed by atoms with Crippen molar-refractivity contribution in [3.8, 4) is 0 Å². The zero-order valence-electron chi connectivity index (χ0n) is 12.1. The summed E-state index contributed by atoms with van der Waals surface area (Å²) in [6, 6.07) is 3.29. The number of hydrogen-bond acceptors (Lipinski definition) is 4. The van der Waals surface area contributed by atoms with Crippen molar-refractivity contribution in [2.75, 3.05) is 11.4 Å². The molecule has 1 aliphatic heterocycles. The highest BCUT2D eigenvalue weighted by atomic mass is 19.4. The Morgan fingerprint density at radius 1 is 1.12 bits per heavy atom. The van der Waals surface area contributed by atoms with E-state index in [4.69, 9.17) is 0 Å². The number of hydrogen-bond donors (Lipinski definition) is 1. The lowest BCUT2D eigenvalue weighted by Crippen LogP contribution is -2.27. The van der Waals surface area contributed by atoms with Gasteiger partial charge in [-0.2, -0.15) is 13.2 Å². The predicted molar refractivity (Wildman–Crippen MR) is 74.1 cm³/mol. The molecule has 1 aliphatic rings. The Hall–Kier alpha value is -2.29. The van der Waals surface area contributed by atoms with Crippen LogP contribution >= 0.6 is 0 Å². The lowest BCUT2D eigenvalue weighted by atomic mass is 10.0. The van der Waals surface area contributed by atoms with Crippen LogP contribution in [0.3, 0.4) is 0 Å². The number of aliphatic hydroxyl groups excluding tert-OH is 1. The lowest BCUT2D eigenvalue weighted by molar-refractivity contribution is -0.141. The molecule has 3 rings (SSSR count). The highest BCUT2D eigenvalue weighted by Gasteiger charge is 2.37. The van der Waals surface area contributed by atoms with Crippen LogP contribution in [0.5, 0.6) is 0 Å². The first-order valence-corrected chi connectivity index (χ1v) is 7.05. The number of rotatable bonds is 2. The topological polar surface area (TPSA) is 49.2 Å². The van der Waals surface area contributed by atoms with E-state index >= 15 is 0 Å². The summed E-state index contributed by atoms with van der Waals surface area (Å²) >= 11 is 0. The first-order chi connectivity index (χ1) is 11.3. The largest absolute Gasteiger partial charge is 0.433 e. The van der Waals surface area contributed by atoms with Crippen LogP contribution in [0.25, 0.3) is 0 Å². The van der Waals surface area contributed by atoms with Crippen LogP contribution in [-0.4, -0.2) is 27.7 Å². The maximum Gasteiger partial charge on any atom is 0.433 e. The summed E-state index contributed by atoms with van der Waals surface area (Å²) in [5.41, 5.74) is -0.788. The summed E-state index contributed by atoms with van der Waals surface area (Å²) in [6.45, 7) is -0.00896. The molecule has 4 nitrogen and oxygen atoms in total. The van der Waals surface area contributed by atoms with E-state index < -0.39 is 35.7 Å². The Labute approximate surface area is 133 Å². The molecular weight excluding hydrogens is 333 g/mol. The fourth-order valence-electron chi connectivity index (χ4n) is 2.72. The average Bonchev–Trinajstić information content (AvgIpc) is 2.91. The Bertz CT molecular complexity index is 752. The molecule has 1 N–H and O–H groups in total. The van der Waals surface area contributed by atoms with E-state index in [0.29, 0.717) is 5.56 Å². The fraction of sp³-hybridized carbons (Fsp3) is 0.333. The molecule has 128 valence electrons. The lowest BCUT2D eigenvalue weighted by Gasteiger charge is -2.25. The van der Waals surface area contributed by atoms with Crippen LogP contribution in [0.2, 0.25) is 0 Å². The second-order valence-electron chi connectivity index (χ2n) is 5.47. The molecule has 2 aromatic rings. The third-order valence-electron chi connectivity index (χ3n) is 3.80. The second kappa shape index (κ2) is 5.97. The predicted octanol–water partition coefficient (Wildman–Crippen LogP) is 3.09. The summed E-state index contributed by atoms with van der Waals surface area (Å²) < 4.78 is 64.9. The summed E-state index contributed by atoms with van der Waals surface area (Å²) in [5, 5.41) is 9.86. The van der Waals surface area contributed by atoms with E-state index in [2.05, 4.69) is 9.97 Å². The molecule has 2 atom stereocenters. The van der Waals surface area contributed by atoms with E-state index in [-0.39, 0.29) is 18.9 Å². The number of aliphatic hydroxyl groups is 1. The molecule has 0 bridgehead atoms. The average molecular weight is 345 g/mol. The summed E-state index contributed by atoms with van der Waals surface area (Å²) in [4.78, 5) is 8.66. The monoisotopic (exact) mass is 345 g/mol. The van der Waals surface area contributed by atoms with E-state index in [1.165, 1.54) is 11.0 Å². The fourth-order valence-corrected chi connectivity index (χ4v) is 2.72.